The van der Waals surface area contributed by atoms with Crippen molar-refractivity contribution in [2.24, 2.45) is 0 Å². The Hall–Kier alpha value is -1.14. The average molecular weight is 243 g/mol. The zero-order valence-corrected chi connectivity index (χ0v) is 10.5. The topological polar surface area (TPSA) is 85.1 Å². The third-order valence-corrected chi connectivity index (χ3v) is 4.14. The average Bonchev–Trinajstić information content (AvgIpc) is 2.16. The first kappa shape index (κ1) is 12.9. The molecule has 1 aromatic rings. The molecule has 1 heterocycles. The van der Waals surface area contributed by atoms with E-state index in [0.29, 0.717) is 6.42 Å². The number of aromatic nitrogens is 1. The second-order valence-corrected chi connectivity index (χ2v) is 5.91. The molecule has 1 rings (SSSR count). The standard InChI is InChI=1S/C10H17N3O2S/c1-4-10(2,3)13-16(14,15)9-7-12-6-5-8(9)11/h5-7,13H,4H2,1-3H3,(H2,11,12). The molecule has 1 aromatic heterocycles. The molecule has 0 aliphatic rings. The molecule has 0 bridgehead atoms. The van der Waals surface area contributed by atoms with Gasteiger partial charge in [0.2, 0.25) is 10.0 Å². The number of nitrogen functional groups attached to an aromatic ring is 1. The monoisotopic (exact) mass is 243 g/mol. The second-order valence-electron chi connectivity index (χ2n) is 4.26. The minimum absolute atomic E-state index is 0.0246. The summed E-state index contributed by atoms with van der Waals surface area (Å²) in [5.41, 5.74) is 5.31. The number of hydrogen-bond acceptors (Lipinski definition) is 4. The van der Waals surface area contributed by atoms with E-state index in [1.807, 2.05) is 20.8 Å². The quantitative estimate of drug-likeness (QED) is 0.830. The molecule has 0 atom stereocenters. The van der Waals surface area contributed by atoms with Gasteiger partial charge in [-0.25, -0.2) is 13.1 Å². The highest BCUT2D eigenvalue weighted by Gasteiger charge is 2.26. The lowest BCUT2D eigenvalue weighted by Gasteiger charge is -2.24. The smallest absolute Gasteiger partial charge is 0.244 e. The Morgan fingerprint density at radius 3 is 2.62 bits per heavy atom. The molecular weight excluding hydrogens is 226 g/mol. The van der Waals surface area contributed by atoms with Crippen molar-refractivity contribution in [2.45, 2.75) is 37.6 Å². The number of rotatable bonds is 4. The largest absolute Gasteiger partial charge is 0.398 e. The van der Waals surface area contributed by atoms with Crippen molar-refractivity contribution in [3.05, 3.63) is 18.5 Å². The lowest BCUT2D eigenvalue weighted by molar-refractivity contribution is 0.439. The van der Waals surface area contributed by atoms with E-state index in [-0.39, 0.29) is 10.6 Å². The SMILES string of the molecule is CCC(C)(C)NS(=O)(=O)c1cnccc1N. The summed E-state index contributed by atoms with van der Waals surface area (Å²) < 4.78 is 26.6. The number of hydrogen-bond donors (Lipinski definition) is 2. The first-order valence-corrected chi connectivity index (χ1v) is 6.50. The van der Waals surface area contributed by atoms with Crippen molar-refractivity contribution >= 4 is 15.7 Å². The molecule has 0 spiro atoms. The van der Waals surface area contributed by atoms with Crippen molar-refractivity contribution in [2.75, 3.05) is 5.73 Å². The molecule has 0 radical (unpaired) electrons. The van der Waals surface area contributed by atoms with Gasteiger partial charge in [-0.05, 0) is 26.3 Å². The van der Waals surface area contributed by atoms with E-state index >= 15 is 0 Å². The second kappa shape index (κ2) is 4.39. The number of nitrogens with two attached hydrogens (primary N) is 1. The molecule has 0 aromatic carbocycles. The van der Waals surface area contributed by atoms with Crippen molar-refractivity contribution < 1.29 is 8.42 Å². The highest BCUT2D eigenvalue weighted by atomic mass is 32.2. The fourth-order valence-corrected chi connectivity index (χ4v) is 2.67. The Labute approximate surface area is 96.1 Å². The van der Waals surface area contributed by atoms with E-state index in [9.17, 15) is 8.42 Å². The first-order chi connectivity index (χ1) is 7.28. The number of pyridine rings is 1. The lowest BCUT2D eigenvalue weighted by atomic mass is 10.0. The summed E-state index contributed by atoms with van der Waals surface area (Å²) in [5, 5.41) is 0. The Morgan fingerprint density at radius 1 is 1.50 bits per heavy atom. The maximum absolute atomic E-state index is 12.0. The molecular formula is C10H17N3O2S. The van der Waals surface area contributed by atoms with Gasteiger partial charge in [0.05, 0.1) is 5.69 Å². The molecule has 0 unspecified atom stereocenters. The predicted molar refractivity (Wildman–Crippen MR) is 63.3 cm³/mol. The van der Waals surface area contributed by atoms with Gasteiger partial charge in [0.1, 0.15) is 4.90 Å². The number of sulfonamides is 1. The summed E-state index contributed by atoms with van der Waals surface area (Å²) in [6.07, 6.45) is 3.40. The van der Waals surface area contributed by atoms with Crippen LogP contribution >= 0.6 is 0 Å². The summed E-state index contributed by atoms with van der Waals surface area (Å²) in [7, 11) is -3.60. The summed E-state index contributed by atoms with van der Waals surface area (Å²) >= 11 is 0. The normalized spacial score (nSPS) is 12.7. The molecule has 0 saturated carbocycles. The Morgan fingerprint density at radius 2 is 2.12 bits per heavy atom. The van der Waals surface area contributed by atoms with Gasteiger partial charge in [-0.1, -0.05) is 6.92 Å². The van der Waals surface area contributed by atoms with E-state index in [0.717, 1.165) is 0 Å². The molecule has 0 aliphatic heterocycles. The van der Waals surface area contributed by atoms with Gasteiger partial charge < -0.3 is 5.73 Å². The number of nitrogens with one attached hydrogen (secondary N) is 1. The van der Waals surface area contributed by atoms with Gasteiger partial charge in [0.25, 0.3) is 0 Å². The van der Waals surface area contributed by atoms with Crippen LogP contribution in [0, 0.1) is 0 Å². The van der Waals surface area contributed by atoms with E-state index in [1.165, 1.54) is 18.5 Å². The lowest BCUT2D eigenvalue weighted by Crippen LogP contribution is -2.42. The maximum Gasteiger partial charge on any atom is 0.244 e. The molecule has 3 N–H and O–H groups in total. The number of anilines is 1. The Balaban J connectivity index is 3.09. The molecule has 0 saturated heterocycles. The van der Waals surface area contributed by atoms with E-state index in [4.69, 9.17) is 5.73 Å². The Kier molecular flexibility index (Phi) is 3.54. The van der Waals surface area contributed by atoms with Crippen molar-refractivity contribution in [1.29, 1.82) is 0 Å². The molecule has 16 heavy (non-hydrogen) atoms. The fourth-order valence-electron chi connectivity index (χ4n) is 1.11. The summed E-state index contributed by atoms with van der Waals surface area (Å²) in [4.78, 5) is 3.79. The maximum atomic E-state index is 12.0. The van der Waals surface area contributed by atoms with Crippen LogP contribution < -0.4 is 10.5 Å². The minimum Gasteiger partial charge on any atom is -0.398 e. The molecule has 0 amide bonds. The van der Waals surface area contributed by atoms with Gasteiger partial charge in [0.15, 0.2) is 0 Å². The van der Waals surface area contributed by atoms with Crippen LogP contribution in [-0.4, -0.2) is 18.9 Å². The van der Waals surface area contributed by atoms with Crippen molar-refractivity contribution in [1.82, 2.24) is 9.71 Å². The van der Waals surface area contributed by atoms with Gasteiger partial charge in [-0.15, -0.1) is 0 Å². The summed E-state index contributed by atoms with van der Waals surface area (Å²) in [5.74, 6) is 0. The number of nitrogens with zero attached hydrogens (tertiary/aromatic N) is 1. The van der Waals surface area contributed by atoms with Crippen LogP contribution in [0.5, 0.6) is 0 Å². The van der Waals surface area contributed by atoms with Gasteiger partial charge in [-0.3, -0.25) is 4.98 Å². The van der Waals surface area contributed by atoms with Crippen molar-refractivity contribution in [3.8, 4) is 0 Å². The van der Waals surface area contributed by atoms with E-state index < -0.39 is 15.6 Å². The third-order valence-electron chi connectivity index (χ3n) is 2.40. The zero-order chi connectivity index (χ0) is 12.4. The van der Waals surface area contributed by atoms with Crippen molar-refractivity contribution in [3.63, 3.8) is 0 Å². The molecule has 6 heteroatoms. The van der Waals surface area contributed by atoms with Crippen LogP contribution in [0.4, 0.5) is 5.69 Å². The zero-order valence-electron chi connectivity index (χ0n) is 9.69. The van der Waals surface area contributed by atoms with E-state index in [2.05, 4.69) is 9.71 Å². The van der Waals surface area contributed by atoms with Crippen LogP contribution in [0.15, 0.2) is 23.4 Å². The fraction of sp³-hybridized carbons (Fsp3) is 0.500. The van der Waals surface area contributed by atoms with Crippen LogP contribution in [0.1, 0.15) is 27.2 Å². The minimum atomic E-state index is -3.60. The highest BCUT2D eigenvalue weighted by Crippen LogP contribution is 2.19. The van der Waals surface area contributed by atoms with Crippen LogP contribution in [0.2, 0.25) is 0 Å². The Bertz CT molecular complexity index is 469. The molecule has 0 fully saturated rings. The van der Waals surface area contributed by atoms with Crippen LogP contribution in [0.25, 0.3) is 0 Å². The van der Waals surface area contributed by atoms with Gasteiger partial charge in [-0.2, -0.15) is 0 Å². The van der Waals surface area contributed by atoms with Gasteiger partial charge in [0, 0.05) is 17.9 Å². The molecule has 90 valence electrons. The summed E-state index contributed by atoms with van der Waals surface area (Å²) in [6, 6.07) is 1.47. The molecule has 5 nitrogen and oxygen atoms in total. The first-order valence-electron chi connectivity index (χ1n) is 5.02. The van der Waals surface area contributed by atoms with E-state index in [1.54, 1.807) is 0 Å². The van der Waals surface area contributed by atoms with Crippen LogP contribution in [-0.2, 0) is 10.0 Å². The van der Waals surface area contributed by atoms with Gasteiger partial charge >= 0.3 is 0 Å². The third kappa shape index (κ3) is 2.93. The van der Waals surface area contributed by atoms with Crippen LogP contribution in [0.3, 0.4) is 0 Å². The summed E-state index contributed by atoms with van der Waals surface area (Å²) in [6.45, 7) is 5.54. The molecule has 0 aliphatic carbocycles. The highest BCUT2D eigenvalue weighted by molar-refractivity contribution is 7.89. The predicted octanol–water partition coefficient (Wildman–Crippen LogP) is 1.13.